The van der Waals surface area contributed by atoms with Crippen molar-refractivity contribution in [2.75, 3.05) is 27.4 Å². The van der Waals surface area contributed by atoms with E-state index in [0.717, 1.165) is 23.5 Å². The lowest BCUT2D eigenvalue weighted by molar-refractivity contribution is 0.174. The van der Waals surface area contributed by atoms with Gasteiger partial charge in [0.25, 0.3) is 0 Å². The zero-order valence-electron chi connectivity index (χ0n) is 11.7. The number of hydrogen-bond donors (Lipinski definition) is 2. The molecule has 0 spiro atoms. The van der Waals surface area contributed by atoms with Gasteiger partial charge in [-0.3, -0.25) is 4.99 Å². The van der Waals surface area contributed by atoms with Crippen molar-refractivity contribution >= 4 is 11.9 Å². The Hall–Kier alpha value is -2.44. The third-order valence-corrected chi connectivity index (χ3v) is 3.02. The number of nitrogens with zero attached hydrogens (tertiary/aromatic N) is 3. The van der Waals surface area contributed by atoms with Gasteiger partial charge in [-0.2, -0.15) is 4.99 Å². The predicted molar refractivity (Wildman–Crippen MR) is 78.1 cm³/mol. The van der Waals surface area contributed by atoms with Gasteiger partial charge in [0.05, 0.1) is 0 Å². The highest BCUT2D eigenvalue weighted by Crippen LogP contribution is 2.32. The normalized spacial score (nSPS) is 14.5. The van der Waals surface area contributed by atoms with Crippen LogP contribution in [0, 0.1) is 0 Å². The molecule has 1 aliphatic rings. The lowest BCUT2D eigenvalue weighted by atomic mass is 10.1. The zero-order chi connectivity index (χ0) is 14.5. The van der Waals surface area contributed by atoms with Gasteiger partial charge in [0.2, 0.25) is 12.8 Å². The van der Waals surface area contributed by atoms with Crippen LogP contribution in [0.2, 0.25) is 0 Å². The first-order valence-electron chi connectivity index (χ1n) is 6.26. The van der Waals surface area contributed by atoms with E-state index in [9.17, 15) is 0 Å². The van der Waals surface area contributed by atoms with Gasteiger partial charge in [-0.1, -0.05) is 6.07 Å². The number of rotatable bonds is 3. The van der Waals surface area contributed by atoms with Crippen molar-refractivity contribution in [1.82, 2.24) is 4.90 Å². The summed E-state index contributed by atoms with van der Waals surface area (Å²) in [6, 6.07) is 5.90. The smallest absolute Gasteiger partial charge is 0.231 e. The molecule has 7 heteroatoms. The molecule has 108 valence electrons. The summed E-state index contributed by atoms with van der Waals surface area (Å²) < 4.78 is 10.6. The molecule has 0 bridgehead atoms. The molecule has 0 aromatic heterocycles. The number of guanidine groups is 2. The molecule has 7 nitrogen and oxygen atoms in total. The van der Waals surface area contributed by atoms with Crippen LogP contribution in [-0.2, 0) is 6.42 Å². The van der Waals surface area contributed by atoms with Crippen molar-refractivity contribution in [3.05, 3.63) is 23.8 Å². The van der Waals surface area contributed by atoms with E-state index < -0.39 is 0 Å². The molecule has 1 aromatic rings. The molecule has 0 aliphatic carbocycles. The Morgan fingerprint density at radius 1 is 1.30 bits per heavy atom. The maximum Gasteiger partial charge on any atom is 0.231 e. The van der Waals surface area contributed by atoms with Gasteiger partial charge < -0.3 is 25.8 Å². The molecule has 0 fully saturated rings. The van der Waals surface area contributed by atoms with E-state index in [1.165, 1.54) is 0 Å². The Balaban J connectivity index is 1.93. The summed E-state index contributed by atoms with van der Waals surface area (Å²) in [4.78, 5) is 9.53. The second-order valence-electron chi connectivity index (χ2n) is 4.41. The predicted octanol–water partition coefficient (Wildman–Crippen LogP) is 0.149. The lowest BCUT2D eigenvalue weighted by Crippen LogP contribution is -2.36. The topological polar surface area (TPSA) is 98.5 Å². The first-order chi connectivity index (χ1) is 9.60. The molecule has 20 heavy (non-hydrogen) atoms. The molecule has 0 atom stereocenters. The van der Waals surface area contributed by atoms with Gasteiger partial charge >= 0.3 is 0 Å². The largest absolute Gasteiger partial charge is 0.454 e. The van der Waals surface area contributed by atoms with E-state index in [0.29, 0.717) is 12.5 Å². The molecular weight excluding hydrogens is 258 g/mol. The highest BCUT2D eigenvalue weighted by molar-refractivity contribution is 5.93. The molecule has 0 amide bonds. The molecule has 1 aliphatic heterocycles. The van der Waals surface area contributed by atoms with E-state index in [2.05, 4.69) is 9.98 Å². The highest BCUT2D eigenvalue weighted by atomic mass is 16.7. The minimum Gasteiger partial charge on any atom is -0.454 e. The van der Waals surface area contributed by atoms with Crippen LogP contribution in [0.4, 0.5) is 0 Å². The van der Waals surface area contributed by atoms with Crippen molar-refractivity contribution in [1.29, 1.82) is 0 Å². The van der Waals surface area contributed by atoms with E-state index in [1.54, 1.807) is 7.05 Å². The first kappa shape index (κ1) is 14.0. The maximum atomic E-state index is 5.82. The Morgan fingerprint density at radius 2 is 2.05 bits per heavy atom. The average Bonchev–Trinajstić information content (AvgIpc) is 2.91. The van der Waals surface area contributed by atoms with Crippen molar-refractivity contribution in [2.24, 2.45) is 21.5 Å². The highest BCUT2D eigenvalue weighted by Gasteiger charge is 2.13. The van der Waals surface area contributed by atoms with Gasteiger partial charge in [0.15, 0.2) is 17.5 Å². The van der Waals surface area contributed by atoms with E-state index in [1.807, 2.05) is 30.1 Å². The summed E-state index contributed by atoms with van der Waals surface area (Å²) in [7, 11) is 3.42. The molecule has 0 saturated heterocycles. The molecule has 1 aromatic carbocycles. The fourth-order valence-corrected chi connectivity index (χ4v) is 1.76. The van der Waals surface area contributed by atoms with E-state index in [4.69, 9.17) is 20.9 Å². The summed E-state index contributed by atoms with van der Waals surface area (Å²) in [5.41, 5.74) is 12.5. The van der Waals surface area contributed by atoms with Crippen LogP contribution >= 0.6 is 0 Å². The van der Waals surface area contributed by atoms with Gasteiger partial charge in [-0.15, -0.1) is 0 Å². The summed E-state index contributed by atoms with van der Waals surface area (Å²) >= 11 is 0. The van der Waals surface area contributed by atoms with Crippen LogP contribution in [0.15, 0.2) is 28.2 Å². The molecular formula is C13H19N5O2. The number of nitrogens with two attached hydrogens (primary N) is 2. The Kier molecular flexibility index (Phi) is 4.29. The summed E-state index contributed by atoms with van der Waals surface area (Å²) in [6.07, 6.45) is 0.812. The van der Waals surface area contributed by atoms with Crippen LogP contribution in [0.5, 0.6) is 11.5 Å². The Bertz CT molecular complexity index is 542. The second-order valence-corrected chi connectivity index (χ2v) is 4.41. The zero-order valence-corrected chi connectivity index (χ0v) is 11.7. The number of aliphatic imine (C=N–C) groups is 2. The third kappa shape index (κ3) is 3.31. The van der Waals surface area contributed by atoms with Gasteiger partial charge in [-0.25, -0.2) is 0 Å². The summed E-state index contributed by atoms with van der Waals surface area (Å²) in [6.45, 7) is 1.000. The Morgan fingerprint density at radius 3 is 2.80 bits per heavy atom. The monoisotopic (exact) mass is 277 g/mol. The fraction of sp³-hybridized carbons (Fsp3) is 0.385. The van der Waals surface area contributed by atoms with Gasteiger partial charge in [-0.05, 0) is 24.1 Å². The third-order valence-electron chi connectivity index (χ3n) is 3.02. The minimum atomic E-state index is 0.164. The fourth-order valence-electron chi connectivity index (χ4n) is 1.76. The van der Waals surface area contributed by atoms with E-state index >= 15 is 0 Å². The molecule has 0 saturated carbocycles. The van der Waals surface area contributed by atoms with E-state index in [-0.39, 0.29) is 12.8 Å². The number of fused-ring (bicyclic) bond motifs is 1. The molecule has 2 rings (SSSR count). The quantitative estimate of drug-likeness (QED) is 0.605. The van der Waals surface area contributed by atoms with Crippen molar-refractivity contribution < 1.29 is 9.47 Å². The van der Waals surface area contributed by atoms with Crippen LogP contribution in [0.25, 0.3) is 0 Å². The summed E-state index contributed by atoms with van der Waals surface area (Å²) in [5, 5.41) is 0. The number of ether oxygens (including phenoxy) is 2. The maximum absolute atomic E-state index is 5.82. The second kappa shape index (κ2) is 6.14. The molecule has 0 unspecified atom stereocenters. The van der Waals surface area contributed by atoms with Gasteiger partial charge in [0, 0.05) is 20.6 Å². The first-order valence-corrected chi connectivity index (χ1v) is 6.26. The van der Waals surface area contributed by atoms with Crippen molar-refractivity contribution in [3.63, 3.8) is 0 Å². The van der Waals surface area contributed by atoms with Crippen LogP contribution < -0.4 is 20.9 Å². The minimum absolute atomic E-state index is 0.164. The van der Waals surface area contributed by atoms with Crippen molar-refractivity contribution in [2.45, 2.75) is 6.42 Å². The van der Waals surface area contributed by atoms with Crippen LogP contribution in [0.3, 0.4) is 0 Å². The van der Waals surface area contributed by atoms with Crippen LogP contribution in [-0.4, -0.2) is 44.3 Å². The Labute approximate surface area is 117 Å². The number of likely N-dealkylation sites (N-methyl/N-ethyl adjacent to an activating group) is 1. The van der Waals surface area contributed by atoms with Gasteiger partial charge in [0.1, 0.15) is 0 Å². The summed E-state index contributed by atoms with van der Waals surface area (Å²) in [5.74, 6) is 2.08. The average molecular weight is 277 g/mol. The lowest BCUT2D eigenvalue weighted by Gasteiger charge is -2.17. The van der Waals surface area contributed by atoms with Crippen LogP contribution in [0.1, 0.15) is 5.56 Å². The standard InChI is InChI=1S/C13H19N5O2/c1-16-12(14)17-13(15)18(2)6-5-9-3-4-10-11(7-9)20-8-19-10/h3-4,7H,5-6,8H2,1-2H3,(H4,14,15,16,17). The molecule has 4 N–H and O–H groups in total. The number of hydrogen-bond acceptors (Lipinski definition) is 3. The number of benzene rings is 1. The van der Waals surface area contributed by atoms with Crippen molar-refractivity contribution in [3.8, 4) is 11.5 Å². The SMILES string of the molecule is CN=C(N)N=C(N)N(C)CCc1ccc2c(c1)OCO2. The molecule has 0 radical (unpaired) electrons. The molecule has 1 heterocycles.